The fraction of sp³-hybridized carbons (Fsp3) is 1.00. The van der Waals surface area contributed by atoms with Gasteiger partial charge in [0.1, 0.15) is 0 Å². The van der Waals surface area contributed by atoms with E-state index in [1.54, 1.807) is 0 Å². The van der Waals surface area contributed by atoms with Crippen molar-refractivity contribution in [1.82, 2.24) is 0 Å². The lowest BCUT2D eigenvalue weighted by Crippen LogP contribution is -2.49. The summed E-state index contributed by atoms with van der Waals surface area (Å²) in [5.41, 5.74) is 5.60. The third-order valence-corrected chi connectivity index (χ3v) is 2.80. The molecule has 0 amide bonds. The minimum atomic E-state index is -1.44. The Morgan fingerprint density at radius 1 is 1.27 bits per heavy atom. The Bertz CT molecular complexity index is 127. The topological polar surface area (TPSA) is 35.2 Å². The van der Waals surface area contributed by atoms with Gasteiger partial charge in [0.2, 0.25) is 0 Å². The molecule has 0 aliphatic heterocycles. The van der Waals surface area contributed by atoms with E-state index in [1.807, 2.05) is 6.92 Å². The van der Waals surface area contributed by atoms with Gasteiger partial charge in [-0.3, -0.25) is 0 Å². The summed E-state index contributed by atoms with van der Waals surface area (Å²) in [4.78, 5) is 0. The van der Waals surface area contributed by atoms with E-state index in [1.165, 1.54) is 0 Å². The maximum atomic E-state index is 5.90. The molecule has 3 heteroatoms. The van der Waals surface area contributed by atoms with E-state index in [0.29, 0.717) is 0 Å². The summed E-state index contributed by atoms with van der Waals surface area (Å²) < 4.78 is 5.90. The molecule has 0 fully saturated rings. The first-order valence-corrected chi connectivity index (χ1v) is 7.52. The van der Waals surface area contributed by atoms with Crippen LogP contribution in [0.2, 0.25) is 19.6 Å². The van der Waals surface area contributed by atoms with E-state index in [9.17, 15) is 0 Å². The fourth-order valence-corrected chi connectivity index (χ4v) is 2.65. The third kappa shape index (κ3) is 4.56. The Morgan fingerprint density at radius 3 is 1.73 bits per heavy atom. The zero-order valence-corrected chi connectivity index (χ0v) is 9.56. The van der Waals surface area contributed by atoms with Crippen LogP contribution in [-0.2, 0) is 4.43 Å². The highest BCUT2D eigenvalue weighted by atomic mass is 28.4. The SMILES string of the molecule is CC(N)C(C)(C)O[Si](C)(C)C. The highest BCUT2D eigenvalue weighted by molar-refractivity contribution is 6.69. The van der Waals surface area contributed by atoms with E-state index in [0.717, 1.165) is 0 Å². The van der Waals surface area contributed by atoms with Gasteiger partial charge in [0.15, 0.2) is 8.32 Å². The second-order valence-corrected chi connectivity index (χ2v) is 9.04. The number of nitrogens with two attached hydrogens (primary N) is 1. The van der Waals surface area contributed by atoms with E-state index in [4.69, 9.17) is 10.2 Å². The van der Waals surface area contributed by atoms with Crippen molar-refractivity contribution in [3.63, 3.8) is 0 Å². The van der Waals surface area contributed by atoms with Crippen LogP contribution >= 0.6 is 0 Å². The van der Waals surface area contributed by atoms with Gasteiger partial charge in [0.05, 0.1) is 5.60 Å². The van der Waals surface area contributed by atoms with Crippen molar-refractivity contribution >= 4 is 8.32 Å². The van der Waals surface area contributed by atoms with Crippen LogP contribution in [0.25, 0.3) is 0 Å². The van der Waals surface area contributed by atoms with Crippen molar-refractivity contribution in [2.75, 3.05) is 0 Å². The molecule has 1 unspecified atom stereocenters. The molecule has 0 rings (SSSR count). The Kier molecular flexibility index (Phi) is 3.29. The number of hydrogen-bond acceptors (Lipinski definition) is 2. The standard InChI is InChI=1S/C8H21NOSi/c1-7(9)8(2,3)10-11(4,5)6/h7H,9H2,1-6H3. The van der Waals surface area contributed by atoms with E-state index < -0.39 is 8.32 Å². The first kappa shape index (κ1) is 11.1. The zero-order chi connectivity index (χ0) is 9.28. The predicted octanol–water partition coefficient (Wildman–Crippen LogP) is 1.96. The summed E-state index contributed by atoms with van der Waals surface area (Å²) in [5.74, 6) is 0. The van der Waals surface area contributed by atoms with Gasteiger partial charge in [-0.15, -0.1) is 0 Å². The lowest BCUT2D eigenvalue weighted by atomic mass is 10.0. The van der Waals surface area contributed by atoms with Crippen molar-refractivity contribution < 1.29 is 4.43 Å². The molecule has 0 aromatic carbocycles. The van der Waals surface area contributed by atoms with Gasteiger partial charge in [-0.1, -0.05) is 0 Å². The molecular weight excluding hydrogens is 154 g/mol. The summed E-state index contributed by atoms with van der Waals surface area (Å²) >= 11 is 0. The van der Waals surface area contributed by atoms with Crippen LogP contribution in [0.3, 0.4) is 0 Å². The van der Waals surface area contributed by atoms with Gasteiger partial charge in [-0.25, -0.2) is 0 Å². The van der Waals surface area contributed by atoms with Crippen molar-refractivity contribution in [1.29, 1.82) is 0 Å². The fourth-order valence-electron chi connectivity index (χ4n) is 0.882. The zero-order valence-electron chi connectivity index (χ0n) is 8.56. The molecule has 0 bridgehead atoms. The number of hydrogen-bond donors (Lipinski definition) is 1. The summed E-state index contributed by atoms with van der Waals surface area (Å²) in [5, 5.41) is 0. The van der Waals surface area contributed by atoms with Crippen LogP contribution in [0, 0.1) is 0 Å². The first-order valence-electron chi connectivity index (χ1n) is 4.11. The smallest absolute Gasteiger partial charge is 0.184 e. The summed E-state index contributed by atoms with van der Waals surface area (Å²) in [6.45, 7) is 12.6. The van der Waals surface area contributed by atoms with Crippen molar-refractivity contribution in [2.24, 2.45) is 5.73 Å². The van der Waals surface area contributed by atoms with Gasteiger partial charge in [0.25, 0.3) is 0 Å². The van der Waals surface area contributed by atoms with Crippen LogP contribution in [0.4, 0.5) is 0 Å². The molecular formula is C8H21NOSi. The molecule has 0 aromatic rings. The highest BCUT2D eigenvalue weighted by Gasteiger charge is 2.30. The molecule has 1 atom stereocenters. The second kappa shape index (κ2) is 3.25. The summed E-state index contributed by atoms with van der Waals surface area (Å²) in [6, 6.07) is 0.0919. The Morgan fingerprint density at radius 2 is 1.64 bits per heavy atom. The van der Waals surface area contributed by atoms with Crippen LogP contribution < -0.4 is 5.73 Å². The van der Waals surface area contributed by atoms with Crippen molar-refractivity contribution in [2.45, 2.75) is 52.1 Å². The van der Waals surface area contributed by atoms with Gasteiger partial charge in [-0.05, 0) is 40.4 Å². The normalized spacial score (nSPS) is 16.6. The van der Waals surface area contributed by atoms with Crippen LogP contribution in [-0.4, -0.2) is 20.0 Å². The minimum absolute atomic E-state index is 0.0919. The van der Waals surface area contributed by atoms with Gasteiger partial charge >= 0.3 is 0 Å². The Hall–Kier alpha value is 0.137. The average Bonchev–Trinajstić information content (AvgIpc) is 1.56. The van der Waals surface area contributed by atoms with E-state index >= 15 is 0 Å². The lowest BCUT2D eigenvalue weighted by molar-refractivity contribution is 0.0780. The minimum Gasteiger partial charge on any atom is -0.411 e. The quantitative estimate of drug-likeness (QED) is 0.666. The average molecular weight is 175 g/mol. The highest BCUT2D eigenvalue weighted by Crippen LogP contribution is 2.19. The van der Waals surface area contributed by atoms with Crippen molar-refractivity contribution in [3.05, 3.63) is 0 Å². The molecule has 0 heterocycles. The molecule has 0 saturated carbocycles. The molecule has 0 saturated heterocycles. The van der Waals surface area contributed by atoms with Gasteiger partial charge < -0.3 is 10.2 Å². The lowest BCUT2D eigenvalue weighted by Gasteiger charge is -2.36. The summed E-state index contributed by atoms with van der Waals surface area (Å²) in [7, 11) is -1.44. The molecule has 2 nitrogen and oxygen atoms in total. The Balaban J connectivity index is 4.13. The molecule has 68 valence electrons. The second-order valence-electron chi connectivity index (χ2n) is 4.61. The molecule has 0 aromatic heterocycles. The van der Waals surface area contributed by atoms with Gasteiger partial charge in [-0.2, -0.15) is 0 Å². The molecule has 0 aliphatic rings. The molecule has 11 heavy (non-hydrogen) atoms. The van der Waals surface area contributed by atoms with Gasteiger partial charge in [0, 0.05) is 6.04 Å². The van der Waals surface area contributed by atoms with Crippen LogP contribution in [0.5, 0.6) is 0 Å². The first-order chi connectivity index (χ1) is 4.65. The number of rotatable bonds is 3. The third-order valence-electron chi connectivity index (χ3n) is 1.67. The molecule has 0 aliphatic carbocycles. The molecule has 0 radical (unpaired) electrons. The maximum Gasteiger partial charge on any atom is 0.184 e. The monoisotopic (exact) mass is 175 g/mol. The molecule has 2 N–H and O–H groups in total. The largest absolute Gasteiger partial charge is 0.411 e. The predicted molar refractivity (Wildman–Crippen MR) is 52.2 cm³/mol. The molecule has 0 spiro atoms. The van der Waals surface area contributed by atoms with E-state index in [-0.39, 0.29) is 11.6 Å². The van der Waals surface area contributed by atoms with E-state index in [2.05, 4.69) is 33.5 Å². The van der Waals surface area contributed by atoms with Crippen LogP contribution in [0.1, 0.15) is 20.8 Å². The van der Waals surface area contributed by atoms with Crippen LogP contribution in [0.15, 0.2) is 0 Å². The summed E-state index contributed by atoms with van der Waals surface area (Å²) in [6.07, 6.45) is 0. The Labute approximate surface area is 71.3 Å². The van der Waals surface area contributed by atoms with Crippen molar-refractivity contribution in [3.8, 4) is 0 Å². The maximum absolute atomic E-state index is 5.90.